The topological polar surface area (TPSA) is 53.2 Å². The average molecular weight is 183 g/mol. The van der Waals surface area contributed by atoms with Crippen LogP contribution in [0.2, 0.25) is 0 Å². The minimum absolute atomic E-state index is 0.120. The molecule has 0 heterocycles. The van der Waals surface area contributed by atoms with Crippen molar-refractivity contribution in [1.82, 2.24) is 16.0 Å². The zero-order valence-electron chi connectivity index (χ0n) is 7.97. The third-order valence-corrected chi connectivity index (χ3v) is 1.35. The van der Waals surface area contributed by atoms with Gasteiger partial charge in [0.2, 0.25) is 5.91 Å². The van der Waals surface area contributed by atoms with E-state index in [2.05, 4.69) is 22.5 Å². The number of carbonyl (C=O) groups excluding carboxylic acids is 1. The maximum absolute atomic E-state index is 10.7. The summed E-state index contributed by atoms with van der Waals surface area (Å²) in [6, 6.07) is 0. The Morgan fingerprint density at radius 3 is 2.77 bits per heavy atom. The first-order chi connectivity index (χ1) is 6.31. The molecule has 0 aliphatic heterocycles. The summed E-state index contributed by atoms with van der Waals surface area (Å²) in [5.41, 5.74) is 0. The third-order valence-electron chi connectivity index (χ3n) is 1.35. The van der Waals surface area contributed by atoms with Crippen LogP contribution in [-0.2, 0) is 4.79 Å². The molecule has 0 aliphatic rings. The van der Waals surface area contributed by atoms with Crippen molar-refractivity contribution in [2.45, 2.75) is 6.42 Å². The first-order valence-corrected chi connectivity index (χ1v) is 4.27. The third kappa shape index (κ3) is 8.46. The molecule has 0 saturated carbocycles. The molecule has 13 heavy (non-hydrogen) atoms. The molecule has 4 heteroatoms. The van der Waals surface area contributed by atoms with Gasteiger partial charge in [-0.05, 0) is 12.5 Å². The van der Waals surface area contributed by atoms with Crippen molar-refractivity contribution in [3.63, 3.8) is 0 Å². The van der Waals surface area contributed by atoms with E-state index in [1.807, 2.05) is 19.4 Å². The highest BCUT2D eigenvalue weighted by Gasteiger charge is 1.90. The molecule has 0 atom stereocenters. The fraction of sp³-hybridized carbons (Fsp3) is 0.444. The second kappa shape index (κ2) is 8.64. The molecule has 0 radical (unpaired) electrons. The number of amides is 1. The van der Waals surface area contributed by atoms with Crippen LogP contribution in [0.1, 0.15) is 6.42 Å². The minimum Gasteiger partial charge on any atom is -0.393 e. The fourth-order valence-electron chi connectivity index (χ4n) is 0.700. The molecule has 0 bridgehead atoms. The summed E-state index contributed by atoms with van der Waals surface area (Å²) >= 11 is 0. The van der Waals surface area contributed by atoms with Crippen LogP contribution in [0.5, 0.6) is 0 Å². The van der Waals surface area contributed by atoms with E-state index in [0.29, 0.717) is 6.54 Å². The van der Waals surface area contributed by atoms with Crippen molar-refractivity contribution in [2.24, 2.45) is 0 Å². The smallest absolute Gasteiger partial charge is 0.243 e. The van der Waals surface area contributed by atoms with Gasteiger partial charge in [-0.15, -0.1) is 0 Å². The summed E-state index contributed by atoms with van der Waals surface area (Å²) in [5, 5.41) is 8.60. The van der Waals surface area contributed by atoms with Crippen molar-refractivity contribution in [1.29, 1.82) is 0 Å². The van der Waals surface area contributed by atoms with Gasteiger partial charge in [-0.2, -0.15) is 0 Å². The molecule has 0 saturated heterocycles. The molecular formula is C9H17N3O. The van der Waals surface area contributed by atoms with Crippen LogP contribution in [0.3, 0.4) is 0 Å². The first kappa shape index (κ1) is 11.6. The molecule has 0 unspecified atom stereocenters. The van der Waals surface area contributed by atoms with Gasteiger partial charge in [0, 0.05) is 32.5 Å². The summed E-state index contributed by atoms with van der Waals surface area (Å²) in [4.78, 5) is 10.7. The Balaban J connectivity index is 3.12. The van der Waals surface area contributed by atoms with Gasteiger partial charge in [-0.25, -0.2) is 0 Å². The van der Waals surface area contributed by atoms with Crippen molar-refractivity contribution in [3.05, 3.63) is 25.1 Å². The van der Waals surface area contributed by atoms with Gasteiger partial charge in [0.1, 0.15) is 0 Å². The van der Waals surface area contributed by atoms with Crippen LogP contribution in [0, 0.1) is 0 Å². The quantitative estimate of drug-likeness (QED) is 0.383. The van der Waals surface area contributed by atoms with Crippen molar-refractivity contribution < 1.29 is 4.79 Å². The SMILES string of the molecule is C=CC(=O)NCCCN/C=C\NC. The van der Waals surface area contributed by atoms with Gasteiger partial charge < -0.3 is 16.0 Å². The first-order valence-electron chi connectivity index (χ1n) is 4.27. The fourth-order valence-corrected chi connectivity index (χ4v) is 0.700. The van der Waals surface area contributed by atoms with E-state index in [1.165, 1.54) is 6.08 Å². The Labute approximate surface area is 79.1 Å². The molecule has 0 aromatic heterocycles. The summed E-state index contributed by atoms with van der Waals surface area (Å²) in [5.74, 6) is -0.120. The standard InChI is InChI=1S/C9H17N3O/c1-3-9(13)12-6-4-5-11-8-7-10-2/h3,7-8,10-11H,1,4-6H2,2H3,(H,12,13)/b8-7-. The van der Waals surface area contributed by atoms with Crippen LogP contribution in [0.25, 0.3) is 0 Å². The number of hydrogen-bond acceptors (Lipinski definition) is 3. The minimum atomic E-state index is -0.120. The van der Waals surface area contributed by atoms with Gasteiger partial charge in [0.15, 0.2) is 0 Å². The van der Waals surface area contributed by atoms with E-state index >= 15 is 0 Å². The van der Waals surface area contributed by atoms with E-state index in [9.17, 15) is 4.79 Å². The van der Waals surface area contributed by atoms with E-state index < -0.39 is 0 Å². The zero-order valence-corrected chi connectivity index (χ0v) is 7.97. The summed E-state index contributed by atoms with van der Waals surface area (Å²) < 4.78 is 0. The molecule has 3 N–H and O–H groups in total. The van der Waals surface area contributed by atoms with Crippen LogP contribution in [0.15, 0.2) is 25.1 Å². The maximum Gasteiger partial charge on any atom is 0.243 e. The molecule has 0 aromatic rings. The molecule has 0 spiro atoms. The lowest BCUT2D eigenvalue weighted by Gasteiger charge is -2.01. The van der Waals surface area contributed by atoms with Gasteiger partial charge in [-0.3, -0.25) is 4.79 Å². The van der Waals surface area contributed by atoms with Crippen molar-refractivity contribution in [2.75, 3.05) is 20.1 Å². The highest BCUT2D eigenvalue weighted by molar-refractivity contribution is 5.86. The molecule has 0 aliphatic carbocycles. The molecule has 0 rings (SSSR count). The summed E-state index contributed by atoms with van der Waals surface area (Å²) in [7, 11) is 1.84. The Hall–Kier alpha value is -1.45. The number of hydrogen-bond donors (Lipinski definition) is 3. The van der Waals surface area contributed by atoms with Gasteiger partial charge in [0.25, 0.3) is 0 Å². The van der Waals surface area contributed by atoms with E-state index in [1.54, 1.807) is 0 Å². The predicted molar refractivity (Wildman–Crippen MR) is 54.0 cm³/mol. The maximum atomic E-state index is 10.7. The van der Waals surface area contributed by atoms with Gasteiger partial charge in [-0.1, -0.05) is 6.58 Å². The monoisotopic (exact) mass is 183 g/mol. The predicted octanol–water partition coefficient (Wildman–Crippen LogP) is -0.0411. The van der Waals surface area contributed by atoms with Crippen LogP contribution >= 0.6 is 0 Å². The number of nitrogens with one attached hydrogen (secondary N) is 3. The van der Waals surface area contributed by atoms with E-state index in [4.69, 9.17) is 0 Å². The molecule has 0 aromatic carbocycles. The van der Waals surface area contributed by atoms with Crippen molar-refractivity contribution >= 4 is 5.91 Å². The lowest BCUT2D eigenvalue weighted by Crippen LogP contribution is -2.24. The van der Waals surface area contributed by atoms with Crippen molar-refractivity contribution in [3.8, 4) is 0 Å². The Morgan fingerprint density at radius 1 is 1.38 bits per heavy atom. The van der Waals surface area contributed by atoms with Crippen LogP contribution in [0.4, 0.5) is 0 Å². The van der Waals surface area contributed by atoms with Crippen LogP contribution in [-0.4, -0.2) is 26.0 Å². The lowest BCUT2D eigenvalue weighted by atomic mass is 10.4. The highest BCUT2D eigenvalue weighted by atomic mass is 16.1. The lowest BCUT2D eigenvalue weighted by molar-refractivity contribution is -0.116. The summed E-state index contributed by atoms with van der Waals surface area (Å²) in [6.45, 7) is 4.87. The van der Waals surface area contributed by atoms with E-state index in [-0.39, 0.29) is 5.91 Å². The van der Waals surface area contributed by atoms with Crippen LogP contribution < -0.4 is 16.0 Å². The highest BCUT2D eigenvalue weighted by Crippen LogP contribution is 1.74. The zero-order chi connectivity index (χ0) is 9.94. The number of carbonyl (C=O) groups is 1. The molecule has 4 nitrogen and oxygen atoms in total. The Morgan fingerprint density at radius 2 is 2.15 bits per heavy atom. The normalized spacial score (nSPS) is 9.62. The average Bonchev–Trinajstić information content (AvgIpc) is 2.16. The second-order valence-electron chi connectivity index (χ2n) is 2.42. The van der Waals surface area contributed by atoms with Gasteiger partial charge >= 0.3 is 0 Å². The molecule has 0 fully saturated rings. The van der Waals surface area contributed by atoms with Gasteiger partial charge in [0.05, 0.1) is 0 Å². The Kier molecular flexibility index (Phi) is 7.68. The number of rotatable bonds is 7. The molecular weight excluding hydrogens is 166 g/mol. The molecule has 1 amide bonds. The Bertz CT molecular complexity index is 178. The second-order valence-corrected chi connectivity index (χ2v) is 2.42. The largest absolute Gasteiger partial charge is 0.393 e. The van der Waals surface area contributed by atoms with E-state index in [0.717, 1.165) is 13.0 Å². The summed E-state index contributed by atoms with van der Waals surface area (Å²) in [6.07, 6.45) is 5.81. The molecule has 74 valence electrons.